The third-order valence-electron chi connectivity index (χ3n) is 3.89. The summed E-state index contributed by atoms with van der Waals surface area (Å²) in [5.41, 5.74) is 0.677. The minimum atomic E-state index is -0.0252. The summed E-state index contributed by atoms with van der Waals surface area (Å²) in [5, 5.41) is 0. The number of aryl methyl sites for hydroxylation is 1. The minimum Gasteiger partial charge on any atom is -0.468 e. The molecule has 2 rings (SSSR count). The van der Waals surface area contributed by atoms with Gasteiger partial charge in [0.15, 0.2) is 0 Å². The minimum absolute atomic E-state index is 0.0252. The van der Waals surface area contributed by atoms with Crippen LogP contribution in [0.3, 0.4) is 0 Å². The Morgan fingerprint density at radius 1 is 1.47 bits per heavy atom. The molecule has 5 nitrogen and oxygen atoms in total. The van der Waals surface area contributed by atoms with Gasteiger partial charge in [-0.2, -0.15) is 0 Å². The quantitative estimate of drug-likeness (QED) is 0.826. The molecule has 19 heavy (non-hydrogen) atoms. The van der Waals surface area contributed by atoms with Gasteiger partial charge in [0.2, 0.25) is 0 Å². The second kappa shape index (κ2) is 6.19. The highest BCUT2D eigenvalue weighted by molar-refractivity contribution is 5.06. The summed E-state index contributed by atoms with van der Waals surface area (Å²) in [7, 11) is 3.72. The molecule has 0 radical (unpaired) electrons. The van der Waals surface area contributed by atoms with Gasteiger partial charge in [0.05, 0.1) is 7.11 Å². The third-order valence-corrected chi connectivity index (χ3v) is 3.89. The van der Waals surface area contributed by atoms with E-state index in [0.717, 1.165) is 13.0 Å². The Labute approximate surface area is 114 Å². The van der Waals surface area contributed by atoms with Crippen LogP contribution in [0.1, 0.15) is 31.4 Å². The maximum absolute atomic E-state index is 12.0. The number of nitrogens with zero attached hydrogens (tertiary/aromatic N) is 3. The lowest BCUT2D eigenvalue weighted by Gasteiger charge is -2.32. The zero-order chi connectivity index (χ0) is 13.8. The fourth-order valence-electron chi connectivity index (χ4n) is 2.74. The average molecular weight is 265 g/mol. The van der Waals surface area contributed by atoms with E-state index in [1.165, 1.54) is 19.3 Å². The van der Waals surface area contributed by atoms with Crippen molar-refractivity contribution < 1.29 is 4.74 Å². The molecule has 1 aliphatic heterocycles. The van der Waals surface area contributed by atoms with Crippen LogP contribution in [0.4, 0.5) is 0 Å². The van der Waals surface area contributed by atoms with Crippen LogP contribution in [0.2, 0.25) is 0 Å². The van der Waals surface area contributed by atoms with Crippen molar-refractivity contribution in [1.82, 2.24) is 14.5 Å². The van der Waals surface area contributed by atoms with Crippen LogP contribution in [0, 0.1) is 6.92 Å². The van der Waals surface area contributed by atoms with Crippen LogP contribution in [0.25, 0.3) is 0 Å². The molecule has 1 saturated heterocycles. The van der Waals surface area contributed by atoms with Gasteiger partial charge in [-0.15, -0.1) is 0 Å². The van der Waals surface area contributed by atoms with Crippen LogP contribution in [0.5, 0.6) is 6.01 Å². The Morgan fingerprint density at radius 2 is 2.26 bits per heavy atom. The zero-order valence-corrected chi connectivity index (χ0v) is 12.1. The van der Waals surface area contributed by atoms with Crippen molar-refractivity contribution in [3.63, 3.8) is 0 Å². The predicted octanol–water partition coefficient (Wildman–Crippen LogP) is 1.43. The van der Waals surface area contributed by atoms with E-state index in [0.29, 0.717) is 24.3 Å². The normalized spacial score (nSPS) is 20.5. The van der Waals surface area contributed by atoms with E-state index in [4.69, 9.17) is 4.74 Å². The van der Waals surface area contributed by atoms with Crippen molar-refractivity contribution in [3.8, 4) is 6.01 Å². The highest BCUT2D eigenvalue weighted by Gasteiger charge is 2.19. The molecule has 0 saturated carbocycles. The second-order valence-corrected chi connectivity index (χ2v) is 5.29. The largest absolute Gasteiger partial charge is 0.468 e. The van der Waals surface area contributed by atoms with Crippen LogP contribution < -0.4 is 10.3 Å². The maximum Gasteiger partial charge on any atom is 0.299 e. The van der Waals surface area contributed by atoms with Crippen molar-refractivity contribution in [2.45, 2.75) is 45.2 Å². The van der Waals surface area contributed by atoms with Crippen molar-refractivity contribution in [2.75, 3.05) is 20.7 Å². The zero-order valence-electron chi connectivity index (χ0n) is 12.1. The van der Waals surface area contributed by atoms with Gasteiger partial charge in [0.25, 0.3) is 11.6 Å². The van der Waals surface area contributed by atoms with Gasteiger partial charge in [-0.25, -0.2) is 4.98 Å². The molecule has 1 aromatic heterocycles. The number of piperidine rings is 1. The van der Waals surface area contributed by atoms with Gasteiger partial charge < -0.3 is 9.64 Å². The third kappa shape index (κ3) is 3.35. The molecule has 5 heteroatoms. The Morgan fingerprint density at radius 3 is 2.95 bits per heavy atom. The van der Waals surface area contributed by atoms with E-state index in [2.05, 4.69) is 16.9 Å². The van der Waals surface area contributed by atoms with Crippen molar-refractivity contribution >= 4 is 0 Å². The summed E-state index contributed by atoms with van der Waals surface area (Å²) in [6.45, 7) is 3.64. The van der Waals surface area contributed by atoms with Crippen LogP contribution in [-0.4, -0.2) is 41.2 Å². The molecule has 0 spiro atoms. The standard InChI is InChI=1S/C14H23N3O2/c1-11-10-13(18)17(14(15-11)19-3)9-7-12-6-4-5-8-16(12)2/h10,12H,4-9H2,1-3H3. The fraction of sp³-hybridized carbons (Fsp3) is 0.714. The summed E-state index contributed by atoms with van der Waals surface area (Å²) in [5.74, 6) is 0. The first-order chi connectivity index (χ1) is 9.11. The predicted molar refractivity (Wildman–Crippen MR) is 74.7 cm³/mol. The van der Waals surface area contributed by atoms with E-state index in [9.17, 15) is 4.79 Å². The van der Waals surface area contributed by atoms with Gasteiger partial charge in [-0.3, -0.25) is 9.36 Å². The van der Waals surface area contributed by atoms with E-state index < -0.39 is 0 Å². The van der Waals surface area contributed by atoms with Gasteiger partial charge in [-0.05, 0) is 39.8 Å². The molecule has 0 aromatic carbocycles. The first-order valence-corrected chi connectivity index (χ1v) is 6.94. The number of methoxy groups -OCH3 is 1. The molecule has 0 bridgehead atoms. The van der Waals surface area contributed by atoms with Gasteiger partial charge in [0.1, 0.15) is 0 Å². The molecule has 106 valence electrons. The van der Waals surface area contributed by atoms with Crippen LogP contribution >= 0.6 is 0 Å². The first kappa shape index (κ1) is 14.1. The smallest absolute Gasteiger partial charge is 0.299 e. The molecular formula is C14H23N3O2. The summed E-state index contributed by atoms with van der Waals surface area (Å²) in [4.78, 5) is 18.7. The van der Waals surface area contributed by atoms with Gasteiger partial charge in [-0.1, -0.05) is 6.42 Å². The fourth-order valence-corrected chi connectivity index (χ4v) is 2.74. The summed E-state index contributed by atoms with van der Waals surface area (Å²) in [6, 6.07) is 2.54. The molecule has 1 atom stereocenters. The molecule has 1 unspecified atom stereocenters. The Kier molecular flexibility index (Phi) is 4.58. The van der Waals surface area contributed by atoms with E-state index in [1.807, 2.05) is 6.92 Å². The molecule has 1 aromatic rings. The Bertz CT molecular complexity index is 484. The number of ether oxygens (including phenoxy) is 1. The Balaban J connectivity index is 2.08. The highest BCUT2D eigenvalue weighted by atomic mass is 16.5. The number of rotatable bonds is 4. The number of aromatic nitrogens is 2. The second-order valence-electron chi connectivity index (χ2n) is 5.29. The molecule has 0 aliphatic carbocycles. The van der Waals surface area contributed by atoms with E-state index in [-0.39, 0.29) is 5.56 Å². The monoisotopic (exact) mass is 265 g/mol. The number of hydrogen-bond acceptors (Lipinski definition) is 4. The van der Waals surface area contributed by atoms with Gasteiger partial charge in [0, 0.05) is 24.3 Å². The maximum atomic E-state index is 12.0. The van der Waals surface area contributed by atoms with Crippen molar-refractivity contribution in [2.24, 2.45) is 0 Å². The van der Waals surface area contributed by atoms with E-state index in [1.54, 1.807) is 17.7 Å². The van der Waals surface area contributed by atoms with Crippen molar-refractivity contribution in [3.05, 3.63) is 22.1 Å². The molecule has 0 amide bonds. The molecule has 2 heterocycles. The van der Waals surface area contributed by atoms with E-state index >= 15 is 0 Å². The number of likely N-dealkylation sites (tertiary alicyclic amines) is 1. The van der Waals surface area contributed by atoms with Crippen LogP contribution in [0.15, 0.2) is 10.9 Å². The first-order valence-electron chi connectivity index (χ1n) is 6.94. The summed E-state index contributed by atoms with van der Waals surface area (Å²) < 4.78 is 6.85. The lowest BCUT2D eigenvalue weighted by molar-refractivity contribution is 0.168. The molecule has 1 aliphatic rings. The van der Waals surface area contributed by atoms with Crippen LogP contribution in [-0.2, 0) is 6.54 Å². The molecule has 0 N–H and O–H groups in total. The lowest BCUT2D eigenvalue weighted by atomic mass is 10.0. The lowest BCUT2D eigenvalue weighted by Crippen LogP contribution is -2.37. The van der Waals surface area contributed by atoms with Gasteiger partial charge >= 0.3 is 0 Å². The molecular weight excluding hydrogens is 242 g/mol. The average Bonchev–Trinajstić information content (AvgIpc) is 2.38. The SMILES string of the molecule is COc1nc(C)cc(=O)n1CCC1CCCCN1C. The Hall–Kier alpha value is -1.36. The number of hydrogen-bond donors (Lipinski definition) is 0. The summed E-state index contributed by atoms with van der Waals surface area (Å²) >= 11 is 0. The van der Waals surface area contributed by atoms with Crippen molar-refractivity contribution in [1.29, 1.82) is 0 Å². The summed E-state index contributed by atoms with van der Waals surface area (Å²) in [6.07, 6.45) is 4.75. The topological polar surface area (TPSA) is 47.4 Å². The molecule has 1 fully saturated rings. The highest BCUT2D eigenvalue weighted by Crippen LogP contribution is 2.18.